The first-order valence-electron chi connectivity index (χ1n) is 7.48. The van der Waals surface area contributed by atoms with E-state index in [1.54, 1.807) is 30.3 Å². The summed E-state index contributed by atoms with van der Waals surface area (Å²) < 4.78 is 71.9. The Kier molecular flexibility index (Phi) is 4.81. The van der Waals surface area contributed by atoms with E-state index in [1.807, 2.05) is 0 Å². The van der Waals surface area contributed by atoms with Gasteiger partial charge in [-0.25, -0.2) is 8.42 Å². The van der Waals surface area contributed by atoms with Crippen molar-refractivity contribution in [2.45, 2.75) is 17.1 Å². The molecule has 1 atom stereocenters. The van der Waals surface area contributed by atoms with E-state index in [4.69, 9.17) is 4.74 Å². The number of alkyl halides is 3. The largest absolute Gasteiger partial charge is 0.434 e. The Morgan fingerprint density at radius 1 is 1.12 bits per heavy atom. The molecule has 0 saturated carbocycles. The summed E-state index contributed by atoms with van der Waals surface area (Å²) in [5.74, 6) is 0. The van der Waals surface area contributed by atoms with Crippen molar-refractivity contribution in [2.24, 2.45) is 0 Å². The molecule has 0 amide bonds. The minimum Gasteiger partial charge on any atom is -0.378 e. The zero-order valence-electron chi connectivity index (χ0n) is 13.0. The Hall–Kier alpha value is -1.97. The van der Waals surface area contributed by atoms with E-state index in [1.165, 1.54) is 6.07 Å². The van der Waals surface area contributed by atoms with Gasteiger partial charge in [-0.05, 0) is 17.7 Å². The molecule has 134 valence electrons. The van der Waals surface area contributed by atoms with Crippen molar-refractivity contribution in [1.82, 2.24) is 9.29 Å². The monoisotopic (exact) mass is 372 g/mol. The van der Waals surface area contributed by atoms with Crippen LogP contribution in [0.5, 0.6) is 0 Å². The highest BCUT2D eigenvalue weighted by molar-refractivity contribution is 7.89. The summed E-state index contributed by atoms with van der Waals surface area (Å²) in [6, 6.07) is 10.1. The van der Waals surface area contributed by atoms with Gasteiger partial charge in [0, 0.05) is 12.7 Å². The molecule has 1 saturated heterocycles. The van der Waals surface area contributed by atoms with Gasteiger partial charge in [-0.2, -0.15) is 17.5 Å². The van der Waals surface area contributed by atoms with Crippen LogP contribution in [0.15, 0.2) is 53.6 Å². The number of nitrogens with zero attached hydrogens (tertiary/aromatic N) is 2. The lowest BCUT2D eigenvalue weighted by Crippen LogP contribution is -2.43. The molecule has 2 heterocycles. The Balaban J connectivity index is 2.07. The van der Waals surface area contributed by atoms with E-state index in [2.05, 4.69) is 4.98 Å². The van der Waals surface area contributed by atoms with Gasteiger partial charge in [-0.15, -0.1) is 0 Å². The summed E-state index contributed by atoms with van der Waals surface area (Å²) >= 11 is 0. The summed E-state index contributed by atoms with van der Waals surface area (Å²) in [7, 11) is -4.40. The standard InChI is InChI=1S/C16H15F3N2O3S/c17-16(18,19)15-14(7-4-8-20-15)25(22,23)21-9-10-24-11-13(21)12-5-2-1-3-6-12/h1-8,13H,9-11H2. The molecular weight excluding hydrogens is 357 g/mol. The molecule has 5 nitrogen and oxygen atoms in total. The summed E-state index contributed by atoms with van der Waals surface area (Å²) in [4.78, 5) is 2.40. The third kappa shape index (κ3) is 3.53. The van der Waals surface area contributed by atoms with E-state index in [9.17, 15) is 21.6 Å². The van der Waals surface area contributed by atoms with Crippen LogP contribution in [0.3, 0.4) is 0 Å². The second kappa shape index (κ2) is 6.74. The van der Waals surface area contributed by atoms with E-state index < -0.39 is 32.8 Å². The number of pyridine rings is 1. The van der Waals surface area contributed by atoms with E-state index in [0.717, 1.165) is 16.6 Å². The number of hydrogen-bond donors (Lipinski definition) is 0. The number of halogens is 3. The zero-order valence-corrected chi connectivity index (χ0v) is 13.8. The molecule has 25 heavy (non-hydrogen) atoms. The van der Waals surface area contributed by atoms with Crippen LogP contribution in [0, 0.1) is 0 Å². The molecule has 0 aliphatic carbocycles. The van der Waals surface area contributed by atoms with Gasteiger partial charge in [0.1, 0.15) is 4.90 Å². The molecule has 1 aliphatic heterocycles. The number of hydrogen-bond acceptors (Lipinski definition) is 4. The second-order valence-corrected chi connectivity index (χ2v) is 7.32. The maximum absolute atomic E-state index is 13.2. The number of benzene rings is 1. The fourth-order valence-corrected chi connectivity index (χ4v) is 4.50. The normalized spacial score (nSPS) is 19.7. The zero-order chi connectivity index (χ0) is 18.1. The Morgan fingerprint density at radius 3 is 2.52 bits per heavy atom. The predicted molar refractivity (Wildman–Crippen MR) is 83.1 cm³/mol. The van der Waals surface area contributed by atoms with Crippen molar-refractivity contribution >= 4 is 10.0 Å². The van der Waals surface area contributed by atoms with Crippen molar-refractivity contribution in [1.29, 1.82) is 0 Å². The van der Waals surface area contributed by atoms with Gasteiger partial charge < -0.3 is 4.74 Å². The molecular formula is C16H15F3N2O3S. The van der Waals surface area contributed by atoms with Gasteiger partial charge in [0.25, 0.3) is 0 Å². The molecule has 1 aliphatic rings. The maximum Gasteiger partial charge on any atom is 0.434 e. The van der Waals surface area contributed by atoms with Crippen molar-refractivity contribution in [3.63, 3.8) is 0 Å². The van der Waals surface area contributed by atoms with Crippen molar-refractivity contribution in [2.75, 3.05) is 19.8 Å². The van der Waals surface area contributed by atoms with Crippen LogP contribution < -0.4 is 0 Å². The highest BCUT2D eigenvalue weighted by Crippen LogP contribution is 2.36. The van der Waals surface area contributed by atoms with Crippen LogP contribution in [0.1, 0.15) is 17.3 Å². The summed E-state index contributed by atoms with van der Waals surface area (Å²) in [5.41, 5.74) is -0.753. The lowest BCUT2D eigenvalue weighted by Gasteiger charge is -2.35. The molecule has 1 aromatic heterocycles. The molecule has 0 N–H and O–H groups in total. The third-order valence-electron chi connectivity index (χ3n) is 3.89. The van der Waals surface area contributed by atoms with Crippen LogP contribution in [0.25, 0.3) is 0 Å². The van der Waals surface area contributed by atoms with Crippen LogP contribution in [0.4, 0.5) is 13.2 Å². The SMILES string of the molecule is O=S(=O)(c1cccnc1C(F)(F)F)N1CCOCC1c1ccccc1. The Labute approximate surface area is 143 Å². The molecule has 2 aromatic rings. The number of morpholine rings is 1. The topological polar surface area (TPSA) is 59.5 Å². The predicted octanol–water partition coefficient (Wildman–Crippen LogP) is 2.86. The van der Waals surface area contributed by atoms with Crippen LogP contribution in [-0.4, -0.2) is 37.5 Å². The summed E-state index contributed by atoms with van der Waals surface area (Å²) in [6.45, 7) is 0.156. The second-order valence-electron chi connectivity index (χ2n) is 5.47. The van der Waals surface area contributed by atoms with E-state index in [0.29, 0.717) is 5.56 Å². The maximum atomic E-state index is 13.2. The van der Waals surface area contributed by atoms with Gasteiger partial charge in [0.15, 0.2) is 5.69 Å². The number of ether oxygens (including phenoxy) is 1. The molecule has 0 spiro atoms. The Bertz CT molecular complexity index is 841. The third-order valence-corrected chi connectivity index (χ3v) is 5.83. The first-order chi connectivity index (χ1) is 11.8. The van der Waals surface area contributed by atoms with Crippen molar-refractivity contribution in [3.05, 3.63) is 59.9 Å². The van der Waals surface area contributed by atoms with Gasteiger partial charge in [0.05, 0.1) is 19.3 Å². The first kappa shape index (κ1) is 17.8. The summed E-state index contributed by atoms with van der Waals surface area (Å²) in [5, 5.41) is 0. The molecule has 9 heteroatoms. The van der Waals surface area contributed by atoms with Gasteiger partial charge in [-0.1, -0.05) is 30.3 Å². The molecule has 0 bridgehead atoms. The molecule has 3 rings (SSSR count). The molecule has 1 aromatic carbocycles. The van der Waals surface area contributed by atoms with Crippen LogP contribution in [-0.2, 0) is 20.9 Å². The van der Waals surface area contributed by atoms with Crippen LogP contribution >= 0.6 is 0 Å². The minimum atomic E-state index is -4.86. The van der Waals surface area contributed by atoms with Gasteiger partial charge >= 0.3 is 6.18 Å². The number of sulfonamides is 1. The average molecular weight is 372 g/mol. The molecule has 0 radical (unpaired) electrons. The van der Waals surface area contributed by atoms with Crippen molar-refractivity contribution in [3.8, 4) is 0 Å². The quantitative estimate of drug-likeness (QED) is 0.831. The first-order valence-corrected chi connectivity index (χ1v) is 8.92. The number of aromatic nitrogens is 1. The van der Waals surface area contributed by atoms with E-state index in [-0.39, 0.29) is 19.8 Å². The smallest absolute Gasteiger partial charge is 0.378 e. The van der Waals surface area contributed by atoms with E-state index >= 15 is 0 Å². The van der Waals surface area contributed by atoms with Crippen LogP contribution in [0.2, 0.25) is 0 Å². The van der Waals surface area contributed by atoms with Gasteiger partial charge in [0.2, 0.25) is 10.0 Å². The lowest BCUT2D eigenvalue weighted by molar-refractivity contribution is -0.143. The molecule has 1 unspecified atom stereocenters. The number of rotatable bonds is 3. The average Bonchev–Trinajstić information content (AvgIpc) is 2.62. The van der Waals surface area contributed by atoms with Crippen molar-refractivity contribution < 1.29 is 26.3 Å². The minimum absolute atomic E-state index is 0.0336. The van der Waals surface area contributed by atoms with Gasteiger partial charge in [-0.3, -0.25) is 4.98 Å². The highest BCUT2D eigenvalue weighted by atomic mass is 32.2. The molecule has 1 fully saturated rings. The Morgan fingerprint density at radius 2 is 1.84 bits per heavy atom. The fraction of sp³-hybridized carbons (Fsp3) is 0.312. The fourth-order valence-electron chi connectivity index (χ4n) is 2.75. The highest BCUT2D eigenvalue weighted by Gasteiger charge is 2.43. The lowest BCUT2D eigenvalue weighted by atomic mass is 10.1. The summed E-state index contributed by atoms with van der Waals surface area (Å²) in [6.07, 6.45) is -3.94.